The topological polar surface area (TPSA) is 100 Å². The number of amides is 1. The maximum absolute atomic E-state index is 12.6. The van der Waals surface area contributed by atoms with Crippen molar-refractivity contribution in [3.63, 3.8) is 0 Å². The van der Waals surface area contributed by atoms with Crippen LogP contribution in [-0.2, 0) is 16.0 Å². The van der Waals surface area contributed by atoms with Crippen LogP contribution in [0.2, 0.25) is 0 Å². The summed E-state index contributed by atoms with van der Waals surface area (Å²) < 4.78 is 7.37. The van der Waals surface area contributed by atoms with E-state index in [0.29, 0.717) is 49.9 Å². The van der Waals surface area contributed by atoms with Gasteiger partial charge in [-0.3, -0.25) is 14.6 Å². The average molecular weight is 446 g/mol. The highest BCUT2D eigenvalue weighted by molar-refractivity contribution is 8.00. The Morgan fingerprint density at radius 3 is 2.87 bits per heavy atom. The molecule has 1 aromatic carbocycles. The summed E-state index contributed by atoms with van der Waals surface area (Å²) in [6, 6.07) is 5.69. The standard InChI is InChI=1S/C20H23N5O3S2/c1-12-14(18(27)24-19(21-12)25-7-9-28-10-8-25)4-6-17(26)22-13-3-5-15-16(11-13)30-20(23-15)29-2/h3,5,11H,4,6-10H2,1-2H3,(H,22,26)(H,21,24,27). The van der Waals surface area contributed by atoms with Gasteiger partial charge in [0.15, 0.2) is 4.34 Å². The van der Waals surface area contributed by atoms with Crippen molar-refractivity contribution in [2.45, 2.75) is 24.1 Å². The number of hydrogen-bond acceptors (Lipinski definition) is 8. The number of morpholine rings is 1. The van der Waals surface area contributed by atoms with E-state index in [4.69, 9.17) is 4.74 Å². The van der Waals surface area contributed by atoms with E-state index >= 15 is 0 Å². The van der Waals surface area contributed by atoms with Gasteiger partial charge < -0.3 is 15.0 Å². The quantitative estimate of drug-likeness (QED) is 0.563. The van der Waals surface area contributed by atoms with Crippen molar-refractivity contribution >= 4 is 50.9 Å². The second kappa shape index (κ2) is 9.15. The van der Waals surface area contributed by atoms with E-state index in [-0.39, 0.29) is 17.9 Å². The van der Waals surface area contributed by atoms with Gasteiger partial charge in [0.2, 0.25) is 11.9 Å². The van der Waals surface area contributed by atoms with Gasteiger partial charge in [0, 0.05) is 36.5 Å². The maximum Gasteiger partial charge on any atom is 0.255 e. The summed E-state index contributed by atoms with van der Waals surface area (Å²) in [4.78, 5) is 38.9. The minimum absolute atomic E-state index is 0.139. The molecular weight excluding hydrogens is 422 g/mol. The van der Waals surface area contributed by atoms with Crippen LogP contribution < -0.4 is 15.8 Å². The summed E-state index contributed by atoms with van der Waals surface area (Å²) in [5, 5.41) is 2.91. The number of thioether (sulfide) groups is 1. The van der Waals surface area contributed by atoms with Crippen LogP contribution in [0.25, 0.3) is 10.2 Å². The molecule has 10 heteroatoms. The van der Waals surface area contributed by atoms with Gasteiger partial charge >= 0.3 is 0 Å². The number of fused-ring (bicyclic) bond motifs is 1. The van der Waals surface area contributed by atoms with Gasteiger partial charge in [-0.25, -0.2) is 9.97 Å². The minimum atomic E-state index is -0.188. The molecule has 0 spiro atoms. The number of rotatable bonds is 6. The van der Waals surface area contributed by atoms with Crippen LogP contribution in [0, 0.1) is 6.92 Å². The first kappa shape index (κ1) is 20.8. The Kier molecular flexibility index (Phi) is 6.35. The maximum atomic E-state index is 12.6. The smallest absolute Gasteiger partial charge is 0.255 e. The Bertz CT molecular complexity index is 1120. The average Bonchev–Trinajstić information content (AvgIpc) is 3.16. The number of nitrogens with one attached hydrogen (secondary N) is 2. The van der Waals surface area contributed by atoms with Gasteiger partial charge in [0.05, 0.1) is 23.4 Å². The molecule has 1 amide bonds. The summed E-state index contributed by atoms with van der Waals surface area (Å²) >= 11 is 3.21. The highest BCUT2D eigenvalue weighted by atomic mass is 32.2. The minimum Gasteiger partial charge on any atom is -0.378 e. The second-order valence-corrected chi connectivity index (χ2v) is 9.05. The van der Waals surface area contributed by atoms with Crippen molar-refractivity contribution in [3.8, 4) is 0 Å². The molecule has 0 saturated carbocycles. The molecule has 0 radical (unpaired) electrons. The van der Waals surface area contributed by atoms with Crippen molar-refractivity contribution in [2.75, 3.05) is 42.8 Å². The van der Waals surface area contributed by atoms with Crippen LogP contribution in [0.15, 0.2) is 27.3 Å². The third kappa shape index (κ3) is 4.66. The summed E-state index contributed by atoms with van der Waals surface area (Å²) in [5.74, 6) is 0.427. The molecule has 2 N–H and O–H groups in total. The summed E-state index contributed by atoms with van der Waals surface area (Å²) in [5.41, 5.74) is 2.67. The molecule has 30 heavy (non-hydrogen) atoms. The molecule has 3 aromatic rings. The number of H-pyrrole nitrogens is 1. The van der Waals surface area contributed by atoms with Crippen molar-refractivity contribution in [1.82, 2.24) is 15.0 Å². The van der Waals surface area contributed by atoms with Gasteiger partial charge in [-0.2, -0.15) is 0 Å². The lowest BCUT2D eigenvalue weighted by molar-refractivity contribution is -0.116. The molecule has 4 rings (SSSR count). The predicted octanol–water partition coefficient (Wildman–Crippen LogP) is 2.82. The van der Waals surface area contributed by atoms with E-state index in [1.165, 1.54) is 0 Å². The number of benzene rings is 1. The van der Waals surface area contributed by atoms with Crippen LogP contribution in [0.1, 0.15) is 17.7 Å². The normalized spacial score (nSPS) is 14.3. The number of hydrogen-bond donors (Lipinski definition) is 2. The number of aryl methyl sites for hydroxylation is 1. The first-order valence-corrected chi connectivity index (χ1v) is 11.7. The van der Waals surface area contributed by atoms with Gasteiger partial charge in [-0.05, 0) is 37.8 Å². The predicted molar refractivity (Wildman–Crippen MR) is 121 cm³/mol. The molecule has 8 nitrogen and oxygen atoms in total. The summed E-state index contributed by atoms with van der Waals surface area (Å²) in [7, 11) is 0. The van der Waals surface area contributed by atoms with E-state index in [0.717, 1.165) is 20.2 Å². The van der Waals surface area contributed by atoms with Crippen molar-refractivity contribution in [1.29, 1.82) is 0 Å². The van der Waals surface area contributed by atoms with E-state index in [2.05, 4.69) is 20.3 Å². The zero-order chi connectivity index (χ0) is 21.1. The molecule has 1 fully saturated rings. The molecule has 3 heterocycles. The lowest BCUT2D eigenvalue weighted by Crippen LogP contribution is -2.38. The van der Waals surface area contributed by atoms with Gasteiger partial charge in [-0.1, -0.05) is 11.8 Å². The number of carbonyl (C=O) groups excluding carboxylic acids is 1. The number of thiazole rings is 1. The van der Waals surface area contributed by atoms with E-state index in [1.807, 2.05) is 36.3 Å². The molecular formula is C20H23N5O3S2. The van der Waals surface area contributed by atoms with Gasteiger partial charge in [0.1, 0.15) is 0 Å². The van der Waals surface area contributed by atoms with Crippen LogP contribution in [0.4, 0.5) is 11.6 Å². The first-order chi connectivity index (χ1) is 14.5. The van der Waals surface area contributed by atoms with Gasteiger partial charge in [0.25, 0.3) is 5.56 Å². The number of aromatic amines is 1. The Morgan fingerprint density at radius 1 is 1.33 bits per heavy atom. The van der Waals surface area contributed by atoms with Crippen LogP contribution in [0.3, 0.4) is 0 Å². The second-order valence-electron chi connectivity index (χ2n) is 6.97. The highest BCUT2D eigenvalue weighted by Crippen LogP contribution is 2.30. The molecule has 1 saturated heterocycles. The van der Waals surface area contributed by atoms with E-state index in [9.17, 15) is 9.59 Å². The van der Waals surface area contributed by atoms with Crippen molar-refractivity contribution in [3.05, 3.63) is 39.8 Å². The zero-order valence-electron chi connectivity index (χ0n) is 16.9. The number of anilines is 2. The molecule has 158 valence electrons. The number of ether oxygens (including phenoxy) is 1. The Morgan fingerprint density at radius 2 is 2.13 bits per heavy atom. The van der Waals surface area contributed by atoms with E-state index in [1.54, 1.807) is 23.1 Å². The largest absolute Gasteiger partial charge is 0.378 e. The van der Waals surface area contributed by atoms with Crippen LogP contribution in [-0.4, -0.2) is 53.4 Å². The molecule has 1 aliphatic heterocycles. The van der Waals surface area contributed by atoms with Crippen molar-refractivity contribution in [2.24, 2.45) is 0 Å². The van der Waals surface area contributed by atoms with Crippen LogP contribution >= 0.6 is 23.1 Å². The number of carbonyl (C=O) groups is 1. The molecule has 0 bridgehead atoms. The van der Waals surface area contributed by atoms with E-state index < -0.39 is 0 Å². The third-order valence-corrected chi connectivity index (χ3v) is 6.95. The monoisotopic (exact) mass is 445 g/mol. The number of nitrogens with zero attached hydrogens (tertiary/aromatic N) is 3. The summed E-state index contributed by atoms with van der Waals surface area (Å²) in [6.45, 7) is 4.46. The zero-order valence-corrected chi connectivity index (χ0v) is 18.5. The lowest BCUT2D eigenvalue weighted by Gasteiger charge is -2.27. The van der Waals surface area contributed by atoms with Crippen LogP contribution in [0.5, 0.6) is 0 Å². The highest BCUT2D eigenvalue weighted by Gasteiger charge is 2.17. The fraction of sp³-hybridized carbons (Fsp3) is 0.400. The molecule has 0 aliphatic carbocycles. The third-order valence-electron chi connectivity index (χ3n) is 4.95. The SMILES string of the molecule is CSc1nc2ccc(NC(=O)CCc3c(C)nc(N4CCOCC4)[nH]c3=O)cc2s1. The van der Waals surface area contributed by atoms with Crippen molar-refractivity contribution < 1.29 is 9.53 Å². The molecule has 2 aromatic heterocycles. The van der Waals surface area contributed by atoms with Gasteiger partial charge in [-0.15, -0.1) is 11.3 Å². The Hall–Kier alpha value is -2.43. The Balaban J connectivity index is 1.40. The lowest BCUT2D eigenvalue weighted by atomic mass is 10.1. The fourth-order valence-electron chi connectivity index (χ4n) is 3.35. The Labute approximate surface area is 182 Å². The molecule has 1 aliphatic rings. The molecule has 0 unspecified atom stereocenters. The number of aromatic nitrogens is 3. The molecule has 0 atom stereocenters. The summed E-state index contributed by atoms with van der Waals surface area (Å²) in [6.07, 6.45) is 2.54. The fourth-order valence-corrected chi connectivity index (χ4v) is 4.87. The first-order valence-electron chi connectivity index (χ1n) is 9.70.